The van der Waals surface area contributed by atoms with E-state index in [1.165, 1.54) is 0 Å². The number of likely N-dealkylation sites (N-methyl/N-ethyl adjacent to an activating group) is 1. The van der Waals surface area contributed by atoms with Crippen molar-refractivity contribution in [3.8, 4) is 0 Å². The zero-order valence-electron chi connectivity index (χ0n) is 9.61. The van der Waals surface area contributed by atoms with Gasteiger partial charge in [-0.2, -0.15) is 4.98 Å². The first-order valence-electron chi connectivity index (χ1n) is 5.29. The Kier molecular flexibility index (Phi) is 4.91. The molecule has 1 aromatic rings. The molecule has 0 saturated carbocycles. The average Bonchev–Trinajstić information content (AvgIpc) is 2.28. The van der Waals surface area contributed by atoms with Gasteiger partial charge in [0.05, 0.1) is 12.8 Å². The molecule has 6 heteroatoms. The predicted octanol–water partition coefficient (Wildman–Crippen LogP) is 1.06. The Hall–Kier alpha value is -1.43. The van der Waals surface area contributed by atoms with E-state index in [0.29, 0.717) is 26.3 Å². The van der Waals surface area contributed by atoms with E-state index in [4.69, 9.17) is 10.5 Å². The van der Waals surface area contributed by atoms with Crippen molar-refractivity contribution in [2.24, 2.45) is 0 Å². The maximum Gasteiger partial charge on any atom is 0.222 e. The minimum Gasteiger partial charge on any atom is -0.380 e. The van der Waals surface area contributed by atoms with E-state index in [0.717, 1.165) is 6.20 Å². The van der Waals surface area contributed by atoms with Crippen LogP contribution in [0.2, 0.25) is 0 Å². The first-order valence-corrected chi connectivity index (χ1v) is 5.29. The lowest BCUT2D eigenvalue weighted by atomic mass is 10.4. The Morgan fingerprint density at radius 3 is 2.88 bits per heavy atom. The number of halogens is 1. The van der Waals surface area contributed by atoms with Gasteiger partial charge in [0.15, 0.2) is 11.6 Å². The fourth-order valence-electron chi connectivity index (χ4n) is 1.33. The molecule has 0 amide bonds. The zero-order chi connectivity index (χ0) is 12.0. The fraction of sp³-hybridized carbons (Fsp3) is 0.600. The molecule has 0 spiro atoms. The van der Waals surface area contributed by atoms with Crippen molar-refractivity contribution >= 4 is 11.8 Å². The van der Waals surface area contributed by atoms with Crippen LogP contribution in [0.1, 0.15) is 13.8 Å². The maximum absolute atomic E-state index is 13.5. The summed E-state index contributed by atoms with van der Waals surface area (Å²) in [6.07, 6.45) is 1.08. The molecule has 0 aliphatic heterocycles. The number of anilines is 2. The van der Waals surface area contributed by atoms with Gasteiger partial charge in [-0.1, -0.05) is 0 Å². The molecule has 0 fully saturated rings. The van der Waals surface area contributed by atoms with Gasteiger partial charge < -0.3 is 15.4 Å². The van der Waals surface area contributed by atoms with Crippen LogP contribution >= 0.6 is 0 Å². The van der Waals surface area contributed by atoms with Crippen LogP contribution in [0.25, 0.3) is 0 Å². The highest BCUT2D eigenvalue weighted by atomic mass is 19.1. The van der Waals surface area contributed by atoms with Crippen LogP contribution in [0, 0.1) is 5.82 Å². The number of hydrogen-bond acceptors (Lipinski definition) is 5. The maximum atomic E-state index is 13.5. The summed E-state index contributed by atoms with van der Waals surface area (Å²) < 4.78 is 18.7. The first-order chi connectivity index (χ1) is 7.69. The first kappa shape index (κ1) is 12.6. The number of ether oxygens (including phenoxy) is 1. The van der Waals surface area contributed by atoms with E-state index < -0.39 is 5.82 Å². The van der Waals surface area contributed by atoms with Crippen LogP contribution in [0.3, 0.4) is 0 Å². The second-order valence-electron chi connectivity index (χ2n) is 3.18. The lowest BCUT2D eigenvalue weighted by Gasteiger charge is -2.21. The molecule has 0 radical (unpaired) electrons. The number of nitrogens with two attached hydrogens (primary N) is 1. The van der Waals surface area contributed by atoms with Gasteiger partial charge in [0.25, 0.3) is 0 Å². The summed E-state index contributed by atoms with van der Waals surface area (Å²) in [6.45, 7) is 6.24. The molecular formula is C10H17FN4O. The number of aromatic nitrogens is 2. The van der Waals surface area contributed by atoms with Gasteiger partial charge >= 0.3 is 0 Å². The van der Waals surface area contributed by atoms with Crippen LogP contribution in [0.4, 0.5) is 16.2 Å². The Labute approximate surface area is 94.4 Å². The molecule has 1 aromatic heterocycles. The zero-order valence-corrected chi connectivity index (χ0v) is 9.61. The fourth-order valence-corrected chi connectivity index (χ4v) is 1.33. The minimum atomic E-state index is -0.465. The van der Waals surface area contributed by atoms with E-state index in [1.807, 2.05) is 13.8 Å². The van der Waals surface area contributed by atoms with Crippen LogP contribution in [-0.2, 0) is 4.74 Å². The van der Waals surface area contributed by atoms with E-state index in [1.54, 1.807) is 4.90 Å². The largest absolute Gasteiger partial charge is 0.380 e. The molecule has 0 atom stereocenters. The number of rotatable bonds is 6. The van der Waals surface area contributed by atoms with Crippen molar-refractivity contribution in [2.45, 2.75) is 13.8 Å². The third-order valence-corrected chi connectivity index (χ3v) is 2.14. The van der Waals surface area contributed by atoms with Crippen molar-refractivity contribution < 1.29 is 9.13 Å². The molecule has 1 heterocycles. The standard InChI is InChI=1S/C10H17FN4O/c1-3-15(5-6-16-4-2)9-8(11)7-13-10(12)14-9/h7H,3-6H2,1-2H3,(H2,12,13,14). The molecule has 2 N–H and O–H groups in total. The van der Waals surface area contributed by atoms with Gasteiger partial charge in [0, 0.05) is 19.7 Å². The summed E-state index contributed by atoms with van der Waals surface area (Å²) in [5.74, 6) is -0.159. The highest BCUT2D eigenvalue weighted by Crippen LogP contribution is 2.15. The quantitative estimate of drug-likeness (QED) is 0.737. The van der Waals surface area contributed by atoms with Gasteiger partial charge in [0.2, 0.25) is 5.95 Å². The molecule has 90 valence electrons. The molecule has 0 aliphatic rings. The van der Waals surface area contributed by atoms with Crippen molar-refractivity contribution in [1.29, 1.82) is 0 Å². The molecule has 0 aliphatic carbocycles. The Bertz CT molecular complexity index is 335. The second-order valence-corrected chi connectivity index (χ2v) is 3.18. The summed E-state index contributed by atoms with van der Waals surface area (Å²) in [6, 6.07) is 0. The predicted molar refractivity (Wildman–Crippen MR) is 60.8 cm³/mol. The molecule has 1 rings (SSSR count). The highest BCUT2D eigenvalue weighted by Gasteiger charge is 2.12. The van der Waals surface area contributed by atoms with Crippen molar-refractivity contribution in [3.05, 3.63) is 12.0 Å². The number of hydrogen-bond donors (Lipinski definition) is 1. The molecule has 16 heavy (non-hydrogen) atoms. The van der Waals surface area contributed by atoms with Gasteiger partial charge in [-0.25, -0.2) is 9.37 Å². The Morgan fingerprint density at radius 1 is 1.50 bits per heavy atom. The molecule has 5 nitrogen and oxygen atoms in total. The molecule has 0 bridgehead atoms. The normalized spacial score (nSPS) is 10.4. The Balaban J connectivity index is 2.73. The topological polar surface area (TPSA) is 64.3 Å². The van der Waals surface area contributed by atoms with E-state index in [-0.39, 0.29) is 11.8 Å². The third-order valence-electron chi connectivity index (χ3n) is 2.14. The van der Waals surface area contributed by atoms with E-state index >= 15 is 0 Å². The molecular weight excluding hydrogens is 211 g/mol. The summed E-state index contributed by atoms with van der Waals surface area (Å²) in [5.41, 5.74) is 5.43. The SMILES string of the molecule is CCOCCN(CC)c1nc(N)ncc1F. The van der Waals surface area contributed by atoms with Crippen LogP contribution in [0.5, 0.6) is 0 Å². The van der Waals surface area contributed by atoms with Gasteiger partial charge in [0.1, 0.15) is 0 Å². The average molecular weight is 228 g/mol. The number of nitrogens with zero attached hydrogens (tertiary/aromatic N) is 3. The van der Waals surface area contributed by atoms with Crippen LogP contribution in [-0.4, -0.2) is 36.3 Å². The van der Waals surface area contributed by atoms with Crippen molar-refractivity contribution in [1.82, 2.24) is 9.97 Å². The van der Waals surface area contributed by atoms with Crippen LogP contribution < -0.4 is 10.6 Å². The van der Waals surface area contributed by atoms with Gasteiger partial charge in [-0.3, -0.25) is 0 Å². The molecule has 0 unspecified atom stereocenters. The summed E-state index contributed by atoms with van der Waals surface area (Å²) in [7, 11) is 0. The van der Waals surface area contributed by atoms with Gasteiger partial charge in [-0.15, -0.1) is 0 Å². The van der Waals surface area contributed by atoms with E-state index in [9.17, 15) is 4.39 Å². The third kappa shape index (κ3) is 3.30. The van der Waals surface area contributed by atoms with Crippen molar-refractivity contribution in [2.75, 3.05) is 36.9 Å². The highest BCUT2D eigenvalue weighted by molar-refractivity contribution is 5.42. The summed E-state index contributed by atoms with van der Waals surface area (Å²) in [5, 5.41) is 0. The number of nitrogen functional groups attached to an aromatic ring is 1. The summed E-state index contributed by atoms with van der Waals surface area (Å²) >= 11 is 0. The van der Waals surface area contributed by atoms with Gasteiger partial charge in [-0.05, 0) is 13.8 Å². The smallest absolute Gasteiger partial charge is 0.222 e. The van der Waals surface area contributed by atoms with Crippen molar-refractivity contribution in [3.63, 3.8) is 0 Å². The monoisotopic (exact) mass is 228 g/mol. The summed E-state index contributed by atoms with van der Waals surface area (Å²) in [4.78, 5) is 9.24. The second kappa shape index (κ2) is 6.22. The lowest BCUT2D eigenvalue weighted by molar-refractivity contribution is 0.154. The van der Waals surface area contributed by atoms with E-state index in [2.05, 4.69) is 9.97 Å². The van der Waals surface area contributed by atoms with Crippen LogP contribution in [0.15, 0.2) is 6.20 Å². The molecule has 0 saturated heterocycles. The minimum absolute atomic E-state index is 0.0752. The lowest BCUT2D eigenvalue weighted by Crippen LogP contribution is -2.29. The Morgan fingerprint density at radius 2 is 2.25 bits per heavy atom. The molecule has 0 aromatic carbocycles.